The van der Waals surface area contributed by atoms with Crippen LogP contribution in [-0.2, 0) is 11.2 Å². The summed E-state index contributed by atoms with van der Waals surface area (Å²) in [6, 6.07) is 11.2. The number of aliphatic imine (C=N–C) groups is 1. The van der Waals surface area contributed by atoms with Gasteiger partial charge in [0.2, 0.25) is 0 Å². The first-order valence-corrected chi connectivity index (χ1v) is 9.97. The lowest BCUT2D eigenvalue weighted by molar-refractivity contribution is -0.140. The van der Waals surface area contributed by atoms with E-state index in [4.69, 9.17) is 16.3 Å². The molecule has 0 saturated heterocycles. The molecular weight excluding hydrogens is 422 g/mol. The van der Waals surface area contributed by atoms with Crippen molar-refractivity contribution in [2.75, 3.05) is 13.7 Å². The van der Waals surface area contributed by atoms with Gasteiger partial charge in [-0.05, 0) is 42.7 Å². The van der Waals surface area contributed by atoms with E-state index in [2.05, 4.69) is 10.3 Å². The molecule has 1 aliphatic heterocycles. The molecule has 3 rings (SSSR count). The molecule has 2 N–H and O–H groups in total. The number of carbonyl (C=O) groups excluding carboxylic acids is 2. The predicted octanol–water partition coefficient (Wildman–Crippen LogP) is 3.94. The minimum atomic E-state index is -1.19. The molecule has 2 atom stereocenters. The molecule has 8 nitrogen and oxygen atoms in total. The molecule has 0 bridgehead atoms. The molecule has 4 amide bonds. The van der Waals surface area contributed by atoms with Gasteiger partial charge in [0.25, 0.3) is 0 Å². The number of nitrogens with zero attached hydrogens (tertiary/aromatic N) is 2. The van der Waals surface area contributed by atoms with Crippen LogP contribution in [0.25, 0.3) is 0 Å². The van der Waals surface area contributed by atoms with Crippen LogP contribution in [0, 0.1) is 5.92 Å². The molecule has 162 valence electrons. The van der Waals surface area contributed by atoms with Gasteiger partial charge in [0.1, 0.15) is 11.7 Å². The van der Waals surface area contributed by atoms with Gasteiger partial charge in [0.15, 0.2) is 0 Å². The highest BCUT2D eigenvalue weighted by Crippen LogP contribution is 2.35. The zero-order valence-electron chi connectivity index (χ0n) is 17.0. The van der Waals surface area contributed by atoms with E-state index in [1.165, 1.54) is 6.92 Å². The fourth-order valence-corrected chi connectivity index (χ4v) is 3.83. The Morgan fingerprint density at radius 1 is 1.23 bits per heavy atom. The highest BCUT2D eigenvalue weighted by molar-refractivity contribution is 6.30. The molecule has 31 heavy (non-hydrogen) atoms. The Bertz CT molecular complexity index is 1040. The van der Waals surface area contributed by atoms with Crippen molar-refractivity contribution < 1.29 is 24.2 Å². The number of halogens is 1. The van der Waals surface area contributed by atoms with Crippen molar-refractivity contribution in [2.24, 2.45) is 10.9 Å². The second-order valence-corrected chi connectivity index (χ2v) is 7.45. The fraction of sp³-hybridized carbons (Fsp3) is 0.273. The summed E-state index contributed by atoms with van der Waals surface area (Å²) in [5.74, 6) is -1.68. The molecule has 2 unspecified atom stereocenters. The highest BCUT2D eigenvalue weighted by atomic mass is 35.5. The Morgan fingerprint density at radius 2 is 1.97 bits per heavy atom. The van der Waals surface area contributed by atoms with Crippen molar-refractivity contribution in [3.05, 3.63) is 64.7 Å². The van der Waals surface area contributed by atoms with Crippen molar-refractivity contribution in [3.8, 4) is 5.75 Å². The summed E-state index contributed by atoms with van der Waals surface area (Å²) in [6.45, 7) is 1.68. The molecule has 0 fully saturated rings. The number of imide groups is 1. The van der Waals surface area contributed by atoms with Crippen LogP contribution in [0.5, 0.6) is 5.75 Å². The predicted molar refractivity (Wildman–Crippen MR) is 116 cm³/mol. The number of urea groups is 2. The molecule has 2 aromatic carbocycles. The minimum Gasteiger partial charge on any atom is -0.496 e. The summed E-state index contributed by atoms with van der Waals surface area (Å²) in [5, 5.41) is 12.8. The molecule has 1 aliphatic rings. The van der Waals surface area contributed by atoms with Crippen molar-refractivity contribution in [1.82, 2.24) is 10.2 Å². The second-order valence-electron chi connectivity index (χ2n) is 7.02. The van der Waals surface area contributed by atoms with Crippen molar-refractivity contribution in [2.45, 2.75) is 19.4 Å². The lowest BCUT2D eigenvalue weighted by atomic mass is 9.87. The number of hydrogen-bond donors (Lipinski definition) is 2. The van der Waals surface area contributed by atoms with Gasteiger partial charge >= 0.3 is 18.0 Å². The van der Waals surface area contributed by atoms with Gasteiger partial charge in [0, 0.05) is 17.3 Å². The first-order chi connectivity index (χ1) is 14.8. The van der Waals surface area contributed by atoms with E-state index in [0.717, 1.165) is 10.5 Å². The van der Waals surface area contributed by atoms with Crippen LogP contribution in [-0.4, -0.2) is 47.4 Å². The maximum Gasteiger partial charge on any atom is 0.352 e. The summed E-state index contributed by atoms with van der Waals surface area (Å²) in [4.78, 5) is 42.2. The average Bonchev–Trinajstić information content (AvgIpc) is 2.73. The number of rotatable bonds is 6. The van der Waals surface area contributed by atoms with Crippen LogP contribution in [0.2, 0.25) is 5.02 Å². The van der Waals surface area contributed by atoms with E-state index in [9.17, 15) is 19.5 Å². The van der Waals surface area contributed by atoms with Crippen LogP contribution in [0.1, 0.15) is 24.1 Å². The Balaban J connectivity index is 1.86. The van der Waals surface area contributed by atoms with Crippen molar-refractivity contribution in [1.29, 1.82) is 0 Å². The summed E-state index contributed by atoms with van der Waals surface area (Å²) in [5.41, 5.74) is 1.45. The van der Waals surface area contributed by atoms with Gasteiger partial charge in [-0.1, -0.05) is 41.9 Å². The van der Waals surface area contributed by atoms with E-state index in [1.807, 2.05) is 24.3 Å². The van der Waals surface area contributed by atoms with Gasteiger partial charge in [-0.15, -0.1) is 0 Å². The van der Waals surface area contributed by atoms with Crippen molar-refractivity contribution in [3.63, 3.8) is 0 Å². The first kappa shape index (κ1) is 22.3. The lowest BCUT2D eigenvalue weighted by Gasteiger charge is -2.36. The Morgan fingerprint density at radius 3 is 2.65 bits per heavy atom. The third-order valence-electron chi connectivity index (χ3n) is 5.06. The third kappa shape index (κ3) is 4.86. The van der Waals surface area contributed by atoms with Crippen molar-refractivity contribution >= 4 is 35.3 Å². The first-order valence-electron chi connectivity index (χ1n) is 9.60. The summed E-state index contributed by atoms with van der Waals surface area (Å²) >= 11 is 6.08. The molecule has 0 radical (unpaired) electrons. The largest absolute Gasteiger partial charge is 0.496 e. The molecule has 0 spiro atoms. The van der Waals surface area contributed by atoms with Gasteiger partial charge in [0.05, 0.1) is 13.2 Å². The number of ether oxygens (including phenoxy) is 1. The molecule has 9 heteroatoms. The smallest absolute Gasteiger partial charge is 0.352 e. The number of aliphatic carboxylic acids is 1. The number of methoxy groups -OCH3 is 1. The number of carbonyl (C=O) groups is 3. The monoisotopic (exact) mass is 443 g/mol. The second kappa shape index (κ2) is 9.61. The molecule has 2 aromatic rings. The van der Waals surface area contributed by atoms with Crippen LogP contribution in [0.4, 0.5) is 9.59 Å². The summed E-state index contributed by atoms with van der Waals surface area (Å²) < 4.78 is 5.30. The van der Waals surface area contributed by atoms with Gasteiger partial charge in [-0.3, -0.25) is 4.79 Å². The maximum atomic E-state index is 13.0. The highest BCUT2D eigenvalue weighted by Gasteiger charge is 2.45. The Kier molecular flexibility index (Phi) is 6.91. The normalized spacial score (nSPS) is 18.4. The molecule has 0 saturated carbocycles. The van der Waals surface area contributed by atoms with Crippen LogP contribution in [0.15, 0.2) is 53.5 Å². The van der Waals surface area contributed by atoms with Gasteiger partial charge in [-0.25, -0.2) is 19.5 Å². The Hall–Kier alpha value is -3.39. The van der Waals surface area contributed by atoms with E-state index in [1.54, 1.807) is 31.4 Å². The summed E-state index contributed by atoms with van der Waals surface area (Å²) in [7, 11) is 1.56. The number of carboxylic acid groups (broad SMARTS) is 1. The minimum absolute atomic E-state index is 0.126. The van der Waals surface area contributed by atoms with Gasteiger partial charge in [-0.2, -0.15) is 0 Å². The summed E-state index contributed by atoms with van der Waals surface area (Å²) in [6.07, 6.45) is 0.463. The van der Waals surface area contributed by atoms with E-state index < -0.39 is 30.0 Å². The van der Waals surface area contributed by atoms with Crippen LogP contribution < -0.4 is 10.1 Å². The SMILES string of the molecule is COc1ccccc1CCNC(=O)N1C(=O)N=C(C)C(C(=O)O)C1c1cccc(Cl)c1. The van der Waals surface area contributed by atoms with E-state index in [-0.39, 0.29) is 12.3 Å². The van der Waals surface area contributed by atoms with E-state index >= 15 is 0 Å². The number of benzene rings is 2. The van der Waals surface area contributed by atoms with Gasteiger partial charge < -0.3 is 15.2 Å². The lowest BCUT2D eigenvalue weighted by Crippen LogP contribution is -2.52. The Labute approximate surface area is 184 Å². The number of nitrogens with one attached hydrogen (secondary N) is 1. The fourth-order valence-electron chi connectivity index (χ4n) is 3.63. The maximum absolute atomic E-state index is 13.0. The molecular formula is C22H22ClN3O5. The number of hydrogen-bond acceptors (Lipinski definition) is 4. The average molecular weight is 444 g/mol. The van der Waals surface area contributed by atoms with Crippen LogP contribution in [0.3, 0.4) is 0 Å². The third-order valence-corrected chi connectivity index (χ3v) is 5.30. The molecule has 0 aliphatic carbocycles. The quantitative estimate of drug-likeness (QED) is 0.702. The number of carboxylic acids is 1. The zero-order chi connectivity index (χ0) is 22.5. The topological polar surface area (TPSA) is 108 Å². The van der Waals surface area contributed by atoms with Crippen LogP contribution >= 0.6 is 11.6 Å². The number of para-hydroxylation sites is 1. The molecule has 0 aromatic heterocycles. The van der Waals surface area contributed by atoms with E-state index in [0.29, 0.717) is 22.8 Å². The zero-order valence-corrected chi connectivity index (χ0v) is 17.8. The standard InChI is InChI=1S/C22H22ClN3O5/c1-13-18(20(27)28)19(15-7-5-8-16(23)12-15)26(22(30)25-13)21(29)24-11-10-14-6-3-4-9-17(14)31-2/h3-9,12,18-19H,10-11H2,1-2H3,(H,24,29)(H,27,28). The number of amides is 4. The molecule has 1 heterocycles.